The highest BCUT2D eigenvalue weighted by Crippen LogP contribution is 2.31. The lowest BCUT2D eigenvalue weighted by atomic mass is 10.0. The first-order valence-electron chi connectivity index (χ1n) is 13.5. The fraction of sp³-hybridized carbons (Fsp3) is 0.355. The summed E-state index contributed by atoms with van der Waals surface area (Å²) >= 11 is 6.47. The number of hydrogen-bond donors (Lipinski definition) is 0. The van der Waals surface area contributed by atoms with E-state index in [1.165, 1.54) is 11.1 Å². The average molecular weight is 544 g/mol. The number of halogens is 1. The summed E-state index contributed by atoms with van der Waals surface area (Å²) in [5.41, 5.74) is 5.14. The van der Waals surface area contributed by atoms with Crippen molar-refractivity contribution in [3.05, 3.63) is 82.6 Å². The largest absolute Gasteiger partial charge is 0.495 e. The van der Waals surface area contributed by atoms with Crippen LogP contribution >= 0.6 is 11.6 Å². The van der Waals surface area contributed by atoms with Gasteiger partial charge in [0.15, 0.2) is 11.6 Å². The number of aromatic nitrogens is 4. The normalized spacial score (nSPS) is 13.5. The Balaban J connectivity index is 1.44. The number of aryl methyl sites for hydroxylation is 2. The predicted octanol–water partition coefficient (Wildman–Crippen LogP) is 6.30. The first-order chi connectivity index (χ1) is 18.9. The highest BCUT2D eigenvalue weighted by molar-refractivity contribution is 6.32. The van der Waals surface area contributed by atoms with Gasteiger partial charge in [-0.25, -0.2) is 9.67 Å². The number of nitrogens with zero attached hydrogens (tertiary/aromatic N) is 5. The number of hydrogen-bond acceptors (Lipinski definition) is 5. The maximum Gasteiger partial charge on any atom is 0.227 e. The van der Waals surface area contributed by atoms with Crippen molar-refractivity contribution in [2.24, 2.45) is 0 Å². The summed E-state index contributed by atoms with van der Waals surface area (Å²) in [6.07, 6.45) is 8.26. The molecule has 0 unspecified atom stereocenters. The molecule has 39 heavy (non-hydrogen) atoms. The second-order valence-electron chi connectivity index (χ2n) is 10.3. The quantitative estimate of drug-likeness (QED) is 0.248. The molecule has 5 rings (SSSR count). The Bertz CT molecular complexity index is 1430. The fourth-order valence-electron chi connectivity index (χ4n) is 5.52. The summed E-state index contributed by atoms with van der Waals surface area (Å²) in [5.74, 6) is 2.06. The second kappa shape index (κ2) is 12.0. The number of pyridine rings is 1. The van der Waals surface area contributed by atoms with Gasteiger partial charge in [-0.2, -0.15) is 5.10 Å². The molecule has 0 bridgehead atoms. The first-order valence-corrected chi connectivity index (χ1v) is 13.8. The number of carbonyl (C=O) groups excluding carboxylic acids is 1. The van der Waals surface area contributed by atoms with Crippen molar-refractivity contribution in [3.63, 3.8) is 0 Å². The molecule has 8 heteroatoms. The van der Waals surface area contributed by atoms with Crippen LogP contribution in [-0.2, 0) is 17.8 Å². The van der Waals surface area contributed by atoms with Gasteiger partial charge in [0.25, 0.3) is 0 Å². The van der Waals surface area contributed by atoms with Crippen LogP contribution in [0.25, 0.3) is 22.8 Å². The molecule has 0 radical (unpaired) electrons. The number of methoxy groups -OCH3 is 1. The third-order valence-corrected chi connectivity index (χ3v) is 7.59. The van der Waals surface area contributed by atoms with Gasteiger partial charge < -0.3 is 9.64 Å². The summed E-state index contributed by atoms with van der Waals surface area (Å²) in [4.78, 5) is 24.8. The zero-order valence-electron chi connectivity index (χ0n) is 22.7. The van der Waals surface area contributed by atoms with Crippen molar-refractivity contribution in [3.8, 4) is 28.5 Å². The lowest BCUT2D eigenvalue weighted by Gasteiger charge is -2.29. The molecule has 2 heterocycles. The molecular formula is C31H34ClN5O2. The fourth-order valence-corrected chi connectivity index (χ4v) is 5.77. The third kappa shape index (κ3) is 6.31. The van der Waals surface area contributed by atoms with Gasteiger partial charge in [0, 0.05) is 36.1 Å². The van der Waals surface area contributed by atoms with E-state index in [1.807, 2.05) is 35.0 Å². The Morgan fingerprint density at radius 2 is 1.74 bits per heavy atom. The highest BCUT2D eigenvalue weighted by atomic mass is 35.5. The van der Waals surface area contributed by atoms with Crippen LogP contribution in [0.5, 0.6) is 5.75 Å². The Morgan fingerprint density at radius 1 is 1.03 bits per heavy atom. The van der Waals surface area contributed by atoms with Crippen molar-refractivity contribution in [2.45, 2.75) is 58.5 Å². The van der Waals surface area contributed by atoms with Gasteiger partial charge in [0.05, 0.1) is 25.1 Å². The topological polar surface area (TPSA) is 73.1 Å². The van der Waals surface area contributed by atoms with Gasteiger partial charge >= 0.3 is 0 Å². The first kappa shape index (κ1) is 26.9. The summed E-state index contributed by atoms with van der Waals surface area (Å²) in [5, 5.41) is 5.37. The van der Waals surface area contributed by atoms with E-state index < -0.39 is 0 Å². The van der Waals surface area contributed by atoms with Crippen LogP contribution in [0.3, 0.4) is 0 Å². The van der Waals surface area contributed by atoms with Crippen molar-refractivity contribution in [1.29, 1.82) is 0 Å². The molecule has 1 saturated carbocycles. The molecule has 2 aromatic heterocycles. The van der Waals surface area contributed by atoms with Crippen LogP contribution in [0.2, 0.25) is 5.02 Å². The molecule has 202 valence electrons. The van der Waals surface area contributed by atoms with Gasteiger partial charge in [-0.15, -0.1) is 0 Å². The van der Waals surface area contributed by atoms with E-state index in [1.54, 1.807) is 19.5 Å². The molecule has 1 aliphatic rings. The minimum atomic E-state index is 0.162. The van der Waals surface area contributed by atoms with Crippen LogP contribution < -0.4 is 4.74 Å². The van der Waals surface area contributed by atoms with Gasteiger partial charge in [0.1, 0.15) is 5.75 Å². The van der Waals surface area contributed by atoms with Crippen LogP contribution in [-0.4, -0.2) is 50.3 Å². The Kier molecular flexibility index (Phi) is 8.27. The van der Waals surface area contributed by atoms with E-state index in [4.69, 9.17) is 26.4 Å². The van der Waals surface area contributed by atoms with Gasteiger partial charge in [-0.3, -0.25) is 9.78 Å². The Morgan fingerprint density at radius 3 is 2.41 bits per heavy atom. The van der Waals surface area contributed by atoms with Gasteiger partial charge in [0.2, 0.25) is 5.91 Å². The van der Waals surface area contributed by atoms with E-state index >= 15 is 0 Å². The number of ether oxygens (including phenoxy) is 1. The summed E-state index contributed by atoms with van der Waals surface area (Å²) in [7, 11) is 1.59. The zero-order valence-corrected chi connectivity index (χ0v) is 23.5. The van der Waals surface area contributed by atoms with Crippen molar-refractivity contribution in [1.82, 2.24) is 24.6 Å². The SMILES string of the molecule is COc1ccc(-c2nc(-c3ccncc3)nn2CCN(C(=O)Cc2cc(C)cc(C)c2)C2CCCC2)cc1Cl. The minimum Gasteiger partial charge on any atom is -0.495 e. The second-order valence-corrected chi connectivity index (χ2v) is 10.7. The lowest BCUT2D eigenvalue weighted by Crippen LogP contribution is -2.42. The van der Waals surface area contributed by atoms with E-state index in [9.17, 15) is 4.79 Å². The third-order valence-electron chi connectivity index (χ3n) is 7.30. The average Bonchev–Trinajstić information content (AvgIpc) is 3.60. The van der Waals surface area contributed by atoms with Crippen molar-refractivity contribution in [2.75, 3.05) is 13.7 Å². The zero-order chi connectivity index (χ0) is 27.4. The van der Waals surface area contributed by atoms with Crippen LogP contribution in [0.1, 0.15) is 42.4 Å². The van der Waals surface area contributed by atoms with Crippen LogP contribution in [0.15, 0.2) is 60.9 Å². The lowest BCUT2D eigenvalue weighted by molar-refractivity contribution is -0.132. The molecule has 7 nitrogen and oxygen atoms in total. The molecule has 1 amide bonds. The molecule has 0 spiro atoms. The van der Waals surface area contributed by atoms with Crippen LogP contribution in [0.4, 0.5) is 0 Å². The Labute approximate surface area is 234 Å². The molecule has 1 aliphatic carbocycles. The monoisotopic (exact) mass is 543 g/mol. The molecule has 1 fully saturated rings. The van der Waals surface area contributed by atoms with Crippen LogP contribution in [0, 0.1) is 13.8 Å². The smallest absolute Gasteiger partial charge is 0.227 e. The molecule has 2 aromatic carbocycles. The van der Waals surface area contributed by atoms with E-state index in [0.717, 1.165) is 42.4 Å². The number of benzene rings is 2. The summed E-state index contributed by atoms with van der Waals surface area (Å²) in [6.45, 7) is 5.23. The Hall–Kier alpha value is -3.71. The molecule has 0 N–H and O–H groups in total. The molecule has 0 aliphatic heterocycles. The van der Waals surface area contributed by atoms with E-state index in [0.29, 0.717) is 41.9 Å². The number of carbonyl (C=O) groups is 1. The maximum atomic E-state index is 13.7. The standard InChI is InChI=1S/C31H34ClN5O2/c1-21-16-22(2)18-23(17-21)19-29(38)36(26-6-4-5-7-26)14-15-37-31(25-8-9-28(39-3)27(32)20-25)34-30(35-37)24-10-12-33-13-11-24/h8-13,16-18,20,26H,4-7,14-15,19H2,1-3H3. The summed E-state index contributed by atoms with van der Waals surface area (Å²) in [6, 6.07) is 16.0. The molecule has 0 saturated heterocycles. The van der Waals surface area contributed by atoms with E-state index in [-0.39, 0.29) is 11.9 Å². The highest BCUT2D eigenvalue weighted by Gasteiger charge is 2.27. The van der Waals surface area contributed by atoms with E-state index in [2.05, 4.69) is 41.9 Å². The number of amides is 1. The van der Waals surface area contributed by atoms with Gasteiger partial charge in [-0.1, -0.05) is 53.8 Å². The van der Waals surface area contributed by atoms with Gasteiger partial charge in [-0.05, 0) is 62.6 Å². The molecular weight excluding hydrogens is 510 g/mol. The van der Waals surface area contributed by atoms with Crippen molar-refractivity contribution < 1.29 is 9.53 Å². The molecule has 4 aromatic rings. The van der Waals surface area contributed by atoms with Crippen molar-refractivity contribution >= 4 is 17.5 Å². The molecule has 0 atom stereocenters. The summed E-state index contributed by atoms with van der Waals surface area (Å²) < 4.78 is 7.23. The number of rotatable bonds is 9. The minimum absolute atomic E-state index is 0.162. The predicted molar refractivity (Wildman–Crippen MR) is 154 cm³/mol. The maximum absolute atomic E-state index is 13.7.